The van der Waals surface area contributed by atoms with Gasteiger partial charge < -0.3 is 19.1 Å². The van der Waals surface area contributed by atoms with Crippen molar-refractivity contribution < 1.29 is 19.4 Å². The molecule has 0 amide bonds. The highest BCUT2D eigenvalue weighted by molar-refractivity contribution is 6.00. The van der Waals surface area contributed by atoms with Gasteiger partial charge in [0.1, 0.15) is 11.5 Å². The van der Waals surface area contributed by atoms with Gasteiger partial charge in [0.15, 0.2) is 0 Å². The van der Waals surface area contributed by atoms with E-state index in [9.17, 15) is 9.90 Å². The third-order valence-corrected chi connectivity index (χ3v) is 7.08. The van der Waals surface area contributed by atoms with Crippen LogP contribution in [0.5, 0.6) is 5.75 Å². The Kier molecular flexibility index (Phi) is 5.49. The van der Waals surface area contributed by atoms with Gasteiger partial charge in [-0.25, -0.2) is 4.79 Å². The molecule has 2 heterocycles. The summed E-state index contributed by atoms with van der Waals surface area (Å²) in [7, 11) is 3.06. The van der Waals surface area contributed by atoms with Crippen LogP contribution in [-0.4, -0.2) is 29.9 Å². The minimum atomic E-state index is -0.354. The Morgan fingerprint density at radius 3 is 2.58 bits per heavy atom. The van der Waals surface area contributed by atoms with Crippen molar-refractivity contribution in [3.05, 3.63) is 71.0 Å². The minimum Gasteiger partial charge on any atom is -0.508 e. The van der Waals surface area contributed by atoms with Crippen LogP contribution in [0.1, 0.15) is 59.5 Å². The van der Waals surface area contributed by atoms with E-state index >= 15 is 0 Å². The number of methoxy groups -OCH3 is 2. The number of esters is 1. The number of ether oxygens (including phenoxy) is 2. The molecule has 0 radical (unpaired) electrons. The lowest BCUT2D eigenvalue weighted by Gasteiger charge is -2.24. The highest BCUT2D eigenvalue weighted by Gasteiger charge is 2.29. The molecule has 0 bridgehead atoms. The molecule has 5 rings (SSSR count). The van der Waals surface area contributed by atoms with Crippen LogP contribution in [0, 0.1) is 0 Å². The fourth-order valence-corrected chi connectivity index (χ4v) is 5.46. The molecule has 1 aliphatic heterocycles. The summed E-state index contributed by atoms with van der Waals surface area (Å²) in [5, 5.41) is 11.6. The fraction of sp³-hybridized carbons (Fsp3) is 0.321. The first-order valence-corrected chi connectivity index (χ1v) is 11.5. The smallest absolute Gasteiger partial charge is 0.337 e. The molecule has 0 spiro atoms. The Labute approximate surface area is 193 Å². The van der Waals surface area contributed by atoms with Gasteiger partial charge in [0.25, 0.3) is 0 Å². The molecule has 1 aromatic heterocycles. The molecule has 1 aliphatic carbocycles. The molecule has 2 aromatic carbocycles. The number of hydrogen-bond acceptors (Lipinski definition) is 4. The number of aliphatic hydroxyl groups is 1. The normalized spacial score (nSPS) is 15.9. The molecule has 2 aliphatic rings. The third kappa shape index (κ3) is 3.62. The van der Waals surface area contributed by atoms with Crippen LogP contribution in [-0.2, 0) is 11.3 Å². The van der Waals surface area contributed by atoms with Crippen molar-refractivity contribution in [1.29, 1.82) is 0 Å². The average Bonchev–Trinajstić information content (AvgIpc) is 3.05. The zero-order valence-electron chi connectivity index (χ0n) is 19.2. The highest BCUT2D eigenvalue weighted by Crippen LogP contribution is 2.47. The number of carbonyl (C=O) groups is 1. The van der Waals surface area contributed by atoms with Gasteiger partial charge >= 0.3 is 5.97 Å². The van der Waals surface area contributed by atoms with Crippen molar-refractivity contribution in [3.8, 4) is 17.0 Å². The number of aliphatic hydroxyl groups excluding tert-OH is 1. The summed E-state index contributed by atoms with van der Waals surface area (Å²) >= 11 is 0. The molecule has 0 unspecified atom stereocenters. The standard InChI is InChI=1S/C28H29NO4/c1-17(30)21-13-20-14-22(32-2)10-12-23(20)27-26(18-7-5-4-6-8-18)24-11-9-19(28(31)33-3)15-25(24)29(27)16-21/h9-15,18,30H,1,4-8,16H2,2-3H3. The van der Waals surface area contributed by atoms with E-state index in [2.05, 4.69) is 23.3 Å². The molecule has 1 N–H and O–H groups in total. The van der Waals surface area contributed by atoms with Crippen LogP contribution >= 0.6 is 0 Å². The zero-order chi connectivity index (χ0) is 23.1. The molecule has 170 valence electrons. The lowest BCUT2D eigenvalue weighted by atomic mass is 9.81. The Balaban J connectivity index is 1.85. The molecular weight excluding hydrogens is 414 g/mol. The number of aromatic nitrogens is 1. The van der Waals surface area contributed by atoms with Gasteiger partial charge in [-0.1, -0.05) is 31.9 Å². The summed E-state index contributed by atoms with van der Waals surface area (Å²) in [5.74, 6) is 0.912. The Bertz CT molecular complexity index is 1290. The molecule has 5 nitrogen and oxygen atoms in total. The Morgan fingerprint density at radius 2 is 1.88 bits per heavy atom. The van der Waals surface area contributed by atoms with Crippen LogP contribution in [0.25, 0.3) is 28.2 Å². The van der Waals surface area contributed by atoms with Gasteiger partial charge in [-0.2, -0.15) is 0 Å². The molecule has 33 heavy (non-hydrogen) atoms. The van der Waals surface area contributed by atoms with Crippen molar-refractivity contribution >= 4 is 22.9 Å². The predicted octanol–water partition coefficient (Wildman–Crippen LogP) is 6.62. The van der Waals surface area contributed by atoms with Crippen molar-refractivity contribution in [3.63, 3.8) is 0 Å². The lowest BCUT2D eigenvalue weighted by molar-refractivity contribution is 0.0601. The van der Waals surface area contributed by atoms with E-state index < -0.39 is 0 Å². The highest BCUT2D eigenvalue weighted by atomic mass is 16.5. The second-order valence-electron chi connectivity index (χ2n) is 8.98. The van der Waals surface area contributed by atoms with Crippen molar-refractivity contribution in [2.75, 3.05) is 14.2 Å². The monoisotopic (exact) mass is 443 g/mol. The van der Waals surface area contributed by atoms with E-state index in [1.165, 1.54) is 31.9 Å². The molecule has 3 aromatic rings. The average molecular weight is 444 g/mol. The number of carbonyl (C=O) groups excluding carboxylic acids is 1. The van der Waals surface area contributed by atoms with E-state index in [1.54, 1.807) is 7.11 Å². The van der Waals surface area contributed by atoms with Crippen LogP contribution < -0.4 is 4.74 Å². The first kappa shape index (κ1) is 21.4. The van der Waals surface area contributed by atoms with Gasteiger partial charge in [-0.3, -0.25) is 0 Å². The van der Waals surface area contributed by atoms with E-state index in [0.717, 1.165) is 51.9 Å². The van der Waals surface area contributed by atoms with Gasteiger partial charge in [0.2, 0.25) is 0 Å². The summed E-state index contributed by atoms with van der Waals surface area (Å²) in [6.45, 7) is 4.28. The minimum absolute atomic E-state index is 0.0433. The summed E-state index contributed by atoms with van der Waals surface area (Å²) in [5.41, 5.74) is 6.82. The maximum Gasteiger partial charge on any atom is 0.337 e. The molecule has 0 atom stereocenters. The number of allylic oxidation sites excluding steroid dienone is 1. The first-order chi connectivity index (χ1) is 16.0. The van der Waals surface area contributed by atoms with E-state index in [4.69, 9.17) is 9.47 Å². The second kappa shape index (κ2) is 8.47. The van der Waals surface area contributed by atoms with Crippen LogP contribution in [0.15, 0.2) is 54.3 Å². The SMILES string of the molecule is C=C(O)C1=Cc2cc(OC)ccc2-c2c(C3CCCCC3)c3ccc(C(=O)OC)cc3n2C1. The van der Waals surface area contributed by atoms with Gasteiger partial charge in [-0.15, -0.1) is 0 Å². The van der Waals surface area contributed by atoms with E-state index in [-0.39, 0.29) is 11.7 Å². The number of nitrogens with zero attached hydrogens (tertiary/aromatic N) is 1. The molecular formula is C28H29NO4. The fourth-order valence-electron chi connectivity index (χ4n) is 5.46. The Hall–Kier alpha value is -3.47. The molecule has 1 saturated carbocycles. The number of rotatable bonds is 4. The molecule has 0 saturated heterocycles. The lowest BCUT2D eigenvalue weighted by Crippen LogP contribution is -2.07. The van der Waals surface area contributed by atoms with Crippen molar-refractivity contribution in [2.45, 2.75) is 44.6 Å². The van der Waals surface area contributed by atoms with Crippen LogP contribution in [0.3, 0.4) is 0 Å². The summed E-state index contributed by atoms with van der Waals surface area (Å²) in [6, 6.07) is 11.9. The second-order valence-corrected chi connectivity index (χ2v) is 8.98. The van der Waals surface area contributed by atoms with Crippen LogP contribution in [0.4, 0.5) is 0 Å². The maximum atomic E-state index is 12.3. The molecule has 5 heteroatoms. The maximum absolute atomic E-state index is 12.3. The Morgan fingerprint density at radius 1 is 1.09 bits per heavy atom. The summed E-state index contributed by atoms with van der Waals surface area (Å²) in [6.07, 6.45) is 8.04. The van der Waals surface area contributed by atoms with Crippen molar-refractivity contribution in [1.82, 2.24) is 4.57 Å². The summed E-state index contributed by atoms with van der Waals surface area (Å²) in [4.78, 5) is 12.3. The summed E-state index contributed by atoms with van der Waals surface area (Å²) < 4.78 is 12.7. The molecule has 1 fully saturated rings. The quantitative estimate of drug-likeness (QED) is 0.364. The zero-order valence-corrected chi connectivity index (χ0v) is 19.2. The van der Waals surface area contributed by atoms with Crippen LogP contribution in [0.2, 0.25) is 0 Å². The number of hydrogen-bond donors (Lipinski definition) is 1. The first-order valence-electron chi connectivity index (χ1n) is 11.5. The number of benzene rings is 2. The van der Waals surface area contributed by atoms with Gasteiger partial charge in [0.05, 0.1) is 32.0 Å². The van der Waals surface area contributed by atoms with E-state index in [1.807, 2.05) is 30.3 Å². The van der Waals surface area contributed by atoms with E-state index in [0.29, 0.717) is 18.0 Å². The van der Waals surface area contributed by atoms with Gasteiger partial charge in [-0.05, 0) is 66.3 Å². The number of fused-ring (bicyclic) bond motifs is 5. The third-order valence-electron chi connectivity index (χ3n) is 7.08. The predicted molar refractivity (Wildman–Crippen MR) is 131 cm³/mol. The van der Waals surface area contributed by atoms with Gasteiger partial charge in [0, 0.05) is 22.0 Å². The van der Waals surface area contributed by atoms with Crippen molar-refractivity contribution in [2.24, 2.45) is 0 Å². The largest absolute Gasteiger partial charge is 0.508 e. The topological polar surface area (TPSA) is 60.7 Å².